The maximum Gasteiger partial charge on any atom is 0.338 e. The number of nitro benzene ring substituents is 2. The Balaban J connectivity index is 0.000000281. The third-order valence-corrected chi connectivity index (χ3v) is 5.07. The topological polar surface area (TPSA) is 168 Å². The van der Waals surface area contributed by atoms with Gasteiger partial charge in [-0.15, -0.1) is 0 Å². The highest BCUT2D eigenvalue weighted by molar-refractivity contribution is 5.92. The molecule has 194 valence electrons. The standard InChI is InChI=1S/C16H15NO5.C9H9NO5/c1-11-8-15(22-10-12-6-4-3-5-7-12)14(17(19)20)9-13(11)16(18)21-2;1-5-3-8(11)7(10(13)14)4-6(5)9(12)15-2/h3-9H,10H2,1-2H3;3-4,11H,1-2H3. The van der Waals surface area contributed by atoms with Gasteiger partial charge in [-0.2, -0.15) is 0 Å². The molecule has 0 aliphatic heterocycles. The van der Waals surface area contributed by atoms with E-state index in [1.807, 2.05) is 30.3 Å². The lowest BCUT2D eigenvalue weighted by molar-refractivity contribution is -0.386. The van der Waals surface area contributed by atoms with Crippen molar-refractivity contribution in [3.8, 4) is 11.5 Å². The molecule has 37 heavy (non-hydrogen) atoms. The Morgan fingerprint density at radius 2 is 1.30 bits per heavy atom. The molecule has 0 radical (unpaired) electrons. The lowest BCUT2D eigenvalue weighted by Gasteiger charge is -2.10. The molecule has 1 N–H and O–H groups in total. The molecular weight excluding hydrogens is 488 g/mol. The summed E-state index contributed by atoms with van der Waals surface area (Å²) in [6.45, 7) is 3.43. The Labute approximate surface area is 211 Å². The largest absolute Gasteiger partial charge is 0.502 e. The zero-order valence-electron chi connectivity index (χ0n) is 20.4. The second-order valence-electron chi connectivity index (χ2n) is 7.56. The van der Waals surface area contributed by atoms with E-state index in [0.29, 0.717) is 11.1 Å². The maximum atomic E-state index is 11.6. The van der Waals surface area contributed by atoms with E-state index in [9.17, 15) is 34.9 Å². The number of phenolic OH excluding ortho intramolecular Hbond substituents is 1. The predicted octanol–water partition coefficient (Wildman–Crippen LogP) is 4.66. The summed E-state index contributed by atoms with van der Waals surface area (Å²) in [5.74, 6) is -1.63. The number of nitro groups is 2. The van der Waals surface area contributed by atoms with E-state index < -0.39 is 33.2 Å². The van der Waals surface area contributed by atoms with Crippen molar-refractivity contribution in [2.24, 2.45) is 0 Å². The van der Waals surface area contributed by atoms with Crippen molar-refractivity contribution < 1.29 is 38.8 Å². The summed E-state index contributed by atoms with van der Waals surface area (Å²) in [4.78, 5) is 43.1. The van der Waals surface area contributed by atoms with Crippen LogP contribution in [0.25, 0.3) is 0 Å². The fraction of sp³-hybridized carbons (Fsp3) is 0.200. The minimum absolute atomic E-state index is 0.0713. The van der Waals surface area contributed by atoms with Crippen LogP contribution in [0.4, 0.5) is 11.4 Å². The van der Waals surface area contributed by atoms with Crippen LogP contribution >= 0.6 is 0 Å². The van der Waals surface area contributed by atoms with Crippen LogP contribution in [0.1, 0.15) is 37.4 Å². The van der Waals surface area contributed by atoms with Crippen LogP contribution in [0.3, 0.4) is 0 Å². The van der Waals surface area contributed by atoms with Crippen LogP contribution in [0.15, 0.2) is 54.6 Å². The van der Waals surface area contributed by atoms with Crippen LogP contribution in [0, 0.1) is 34.1 Å². The fourth-order valence-corrected chi connectivity index (χ4v) is 3.15. The maximum absolute atomic E-state index is 11.6. The van der Waals surface area contributed by atoms with Crippen LogP contribution in [-0.4, -0.2) is 41.1 Å². The first-order valence-corrected chi connectivity index (χ1v) is 10.6. The zero-order valence-corrected chi connectivity index (χ0v) is 20.4. The molecule has 0 aliphatic rings. The van der Waals surface area contributed by atoms with Gasteiger partial charge in [-0.3, -0.25) is 20.2 Å². The molecule has 0 aromatic heterocycles. The molecule has 0 atom stereocenters. The number of methoxy groups -OCH3 is 2. The number of hydrogen-bond acceptors (Lipinski definition) is 10. The average molecular weight is 512 g/mol. The highest BCUT2D eigenvalue weighted by Crippen LogP contribution is 2.32. The average Bonchev–Trinajstić information content (AvgIpc) is 2.87. The van der Waals surface area contributed by atoms with E-state index >= 15 is 0 Å². The number of phenols is 1. The Bertz CT molecular complexity index is 1320. The number of rotatable bonds is 7. The van der Waals surface area contributed by atoms with E-state index in [0.717, 1.165) is 17.7 Å². The van der Waals surface area contributed by atoms with Crippen molar-refractivity contribution in [1.29, 1.82) is 0 Å². The summed E-state index contributed by atoms with van der Waals surface area (Å²) >= 11 is 0. The Morgan fingerprint density at radius 1 is 0.811 bits per heavy atom. The minimum atomic E-state index is -0.763. The van der Waals surface area contributed by atoms with Gasteiger partial charge in [0, 0.05) is 12.1 Å². The molecule has 3 aromatic carbocycles. The summed E-state index contributed by atoms with van der Waals surface area (Å²) in [6, 6.07) is 14.1. The van der Waals surface area contributed by atoms with Crippen molar-refractivity contribution >= 4 is 23.3 Å². The van der Waals surface area contributed by atoms with E-state index in [1.54, 1.807) is 13.8 Å². The number of esters is 2. The van der Waals surface area contributed by atoms with Gasteiger partial charge in [-0.1, -0.05) is 30.3 Å². The highest BCUT2D eigenvalue weighted by atomic mass is 16.6. The van der Waals surface area contributed by atoms with Crippen LogP contribution < -0.4 is 4.74 Å². The number of benzene rings is 3. The SMILES string of the molecule is COC(=O)c1cc([N+](=O)[O-])c(O)cc1C.COC(=O)c1cc([N+](=O)[O-])c(OCc2ccccc2)cc1C. The number of carbonyl (C=O) groups is 2. The molecule has 0 fully saturated rings. The van der Waals surface area contributed by atoms with Gasteiger partial charge < -0.3 is 19.3 Å². The van der Waals surface area contributed by atoms with Gasteiger partial charge in [-0.05, 0) is 42.7 Å². The first-order valence-electron chi connectivity index (χ1n) is 10.6. The molecule has 12 heteroatoms. The number of ether oxygens (including phenoxy) is 3. The third kappa shape index (κ3) is 7.24. The van der Waals surface area contributed by atoms with Crippen molar-refractivity contribution in [2.45, 2.75) is 20.5 Å². The molecule has 0 spiro atoms. The van der Waals surface area contributed by atoms with Crippen molar-refractivity contribution in [3.63, 3.8) is 0 Å². The lowest BCUT2D eigenvalue weighted by Crippen LogP contribution is -2.07. The number of nitrogens with zero attached hydrogens (tertiary/aromatic N) is 2. The molecule has 0 heterocycles. The molecule has 3 rings (SSSR count). The molecule has 0 bridgehead atoms. The number of hydrogen-bond donors (Lipinski definition) is 1. The summed E-state index contributed by atoms with van der Waals surface area (Å²) in [5.41, 5.74) is 1.32. The molecule has 0 amide bonds. The van der Waals surface area contributed by atoms with Gasteiger partial charge in [0.05, 0.1) is 35.2 Å². The lowest BCUT2D eigenvalue weighted by atomic mass is 10.1. The van der Waals surface area contributed by atoms with E-state index in [1.165, 1.54) is 26.4 Å². The molecule has 0 saturated heterocycles. The van der Waals surface area contributed by atoms with E-state index in [2.05, 4.69) is 9.47 Å². The third-order valence-electron chi connectivity index (χ3n) is 5.07. The molecular formula is C25H24N2O10. The van der Waals surface area contributed by atoms with Gasteiger partial charge in [0.15, 0.2) is 11.5 Å². The van der Waals surface area contributed by atoms with Gasteiger partial charge in [-0.25, -0.2) is 9.59 Å². The predicted molar refractivity (Wildman–Crippen MR) is 131 cm³/mol. The first kappa shape index (κ1) is 28.2. The normalized spacial score (nSPS) is 9.95. The Morgan fingerprint density at radius 3 is 1.78 bits per heavy atom. The van der Waals surface area contributed by atoms with Gasteiger partial charge in [0.2, 0.25) is 0 Å². The number of carbonyl (C=O) groups excluding carboxylic acids is 2. The molecule has 3 aromatic rings. The van der Waals surface area contributed by atoms with E-state index in [-0.39, 0.29) is 29.2 Å². The molecule has 12 nitrogen and oxygen atoms in total. The fourth-order valence-electron chi connectivity index (χ4n) is 3.15. The van der Waals surface area contributed by atoms with Gasteiger partial charge in [0.25, 0.3) is 0 Å². The monoisotopic (exact) mass is 512 g/mol. The summed E-state index contributed by atoms with van der Waals surface area (Å²) < 4.78 is 14.6. The molecule has 0 unspecified atom stereocenters. The van der Waals surface area contributed by atoms with Crippen molar-refractivity contribution in [2.75, 3.05) is 14.2 Å². The summed E-state index contributed by atoms with van der Waals surface area (Å²) in [5, 5.41) is 30.9. The first-order chi connectivity index (χ1) is 17.5. The van der Waals surface area contributed by atoms with Gasteiger partial charge >= 0.3 is 23.3 Å². The zero-order chi connectivity index (χ0) is 27.7. The molecule has 0 saturated carbocycles. The van der Waals surface area contributed by atoms with Crippen molar-refractivity contribution in [1.82, 2.24) is 0 Å². The van der Waals surface area contributed by atoms with Gasteiger partial charge in [0.1, 0.15) is 6.61 Å². The summed E-state index contributed by atoms with van der Waals surface area (Å²) in [6.07, 6.45) is 0. The summed E-state index contributed by atoms with van der Waals surface area (Å²) in [7, 11) is 2.41. The quantitative estimate of drug-likeness (QED) is 0.267. The smallest absolute Gasteiger partial charge is 0.338 e. The second-order valence-corrected chi connectivity index (χ2v) is 7.56. The highest BCUT2D eigenvalue weighted by Gasteiger charge is 2.22. The van der Waals surface area contributed by atoms with Crippen LogP contribution in [-0.2, 0) is 16.1 Å². The second kappa shape index (κ2) is 12.6. The van der Waals surface area contributed by atoms with Crippen LogP contribution in [0.2, 0.25) is 0 Å². The Hall–Kier alpha value is -5.00. The molecule has 0 aliphatic carbocycles. The number of aryl methyl sites for hydroxylation is 2. The number of aromatic hydroxyl groups is 1. The van der Waals surface area contributed by atoms with Crippen molar-refractivity contribution in [3.05, 3.63) is 103 Å². The van der Waals surface area contributed by atoms with E-state index in [4.69, 9.17) is 4.74 Å². The Kier molecular flexibility index (Phi) is 9.64. The minimum Gasteiger partial charge on any atom is -0.502 e. The van der Waals surface area contributed by atoms with Crippen LogP contribution in [0.5, 0.6) is 11.5 Å².